The number of rotatable bonds is 1. The molecule has 0 bridgehead atoms. The standard InChI is InChI=1S/C8H9ClN/c1-6(2)7-3-4-8(9)10-5-7/h3-6H,1H2,2H3. The van der Waals surface area contributed by atoms with Gasteiger partial charge < -0.3 is 0 Å². The highest BCUT2D eigenvalue weighted by Crippen LogP contribution is 2.13. The zero-order valence-corrected chi connectivity index (χ0v) is 6.60. The van der Waals surface area contributed by atoms with Crippen molar-refractivity contribution in [2.24, 2.45) is 0 Å². The first-order valence-corrected chi connectivity index (χ1v) is 3.52. The third-order valence-electron chi connectivity index (χ3n) is 1.32. The molecular weight excluding hydrogens is 146 g/mol. The van der Waals surface area contributed by atoms with Gasteiger partial charge in [0.05, 0.1) is 0 Å². The molecule has 0 fully saturated rings. The molecule has 0 saturated carbocycles. The minimum absolute atomic E-state index is 0.282. The monoisotopic (exact) mass is 154 g/mol. The van der Waals surface area contributed by atoms with Gasteiger partial charge in [0.2, 0.25) is 0 Å². The fraction of sp³-hybridized carbons (Fsp3) is 0.250. The number of aromatic nitrogens is 1. The molecule has 0 saturated heterocycles. The van der Waals surface area contributed by atoms with E-state index in [2.05, 4.69) is 11.9 Å². The summed E-state index contributed by atoms with van der Waals surface area (Å²) in [6, 6.07) is 3.71. The molecule has 0 spiro atoms. The molecule has 1 aromatic rings. The van der Waals surface area contributed by atoms with Crippen molar-refractivity contribution in [1.29, 1.82) is 0 Å². The second kappa shape index (κ2) is 3.02. The van der Waals surface area contributed by atoms with Crippen LogP contribution in [-0.4, -0.2) is 4.98 Å². The van der Waals surface area contributed by atoms with E-state index in [4.69, 9.17) is 11.6 Å². The molecule has 0 aliphatic heterocycles. The molecule has 1 rings (SSSR count). The van der Waals surface area contributed by atoms with Crippen LogP contribution in [0.4, 0.5) is 0 Å². The Morgan fingerprint density at radius 2 is 2.30 bits per heavy atom. The second-order valence-corrected chi connectivity index (χ2v) is 2.70. The van der Waals surface area contributed by atoms with Crippen LogP contribution in [0.15, 0.2) is 18.3 Å². The fourth-order valence-electron chi connectivity index (χ4n) is 0.679. The number of nitrogens with zero attached hydrogens (tertiary/aromatic N) is 1. The Labute approximate surface area is 66.0 Å². The van der Waals surface area contributed by atoms with E-state index >= 15 is 0 Å². The maximum absolute atomic E-state index is 5.58. The first-order chi connectivity index (χ1) is 4.70. The van der Waals surface area contributed by atoms with Crippen molar-refractivity contribution < 1.29 is 0 Å². The minimum Gasteiger partial charge on any atom is -0.244 e. The van der Waals surface area contributed by atoms with Crippen LogP contribution >= 0.6 is 11.6 Å². The maximum Gasteiger partial charge on any atom is 0.129 e. The summed E-state index contributed by atoms with van der Waals surface area (Å²) in [5, 5.41) is 0.532. The quantitative estimate of drug-likeness (QED) is 0.567. The summed E-state index contributed by atoms with van der Waals surface area (Å²) in [6.07, 6.45) is 1.75. The predicted molar refractivity (Wildman–Crippen MR) is 43.0 cm³/mol. The van der Waals surface area contributed by atoms with Gasteiger partial charge in [-0.05, 0) is 24.5 Å². The molecule has 53 valence electrons. The molecule has 1 unspecified atom stereocenters. The topological polar surface area (TPSA) is 12.9 Å². The van der Waals surface area contributed by atoms with Gasteiger partial charge in [0.25, 0.3) is 0 Å². The van der Waals surface area contributed by atoms with Crippen molar-refractivity contribution in [2.75, 3.05) is 0 Å². The summed E-state index contributed by atoms with van der Waals surface area (Å²) in [5.41, 5.74) is 1.12. The molecule has 0 aliphatic carbocycles. The van der Waals surface area contributed by atoms with Crippen molar-refractivity contribution in [3.63, 3.8) is 0 Å². The van der Waals surface area contributed by atoms with Crippen molar-refractivity contribution in [1.82, 2.24) is 4.98 Å². The van der Waals surface area contributed by atoms with Crippen LogP contribution < -0.4 is 0 Å². The van der Waals surface area contributed by atoms with E-state index in [9.17, 15) is 0 Å². The zero-order valence-electron chi connectivity index (χ0n) is 5.84. The molecule has 1 heterocycles. The molecule has 10 heavy (non-hydrogen) atoms. The Hall–Kier alpha value is -0.560. The van der Waals surface area contributed by atoms with E-state index in [0.717, 1.165) is 5.56 Å². The van der Waals surface area contributed by atoms with Crippen molar-refractivity contribution in [3.05, 3.63) is 36.0 Å². The van der Waals surface area contributed by atoms with Gasteiger partial charge >= 0.3 is 0 Å². The highest BCUT2D eigenvalue weighted by Gasteiger charge is 1.97. The van der Waals surface area contributed by atoms with Crippen LogP contribution in [0.3, 0.4) is 0 Å². The lowest BCUT2D eigenvalue weighted by atomic mass is 10.1. The Morgan fingerprint density at radius 3 is 2.70 bits per heavy atom. The Bertz CT molecular complexity index is 203. The number of hydrogen-bond donors (Lipinski definition) is 0. The molecule has 2 heteroatoms. The number of hydrogen-bond acceptors (Lipinski definition) is 1. The van der Waals surface area contributed by atoms with E-state index < -0.39 is 0 Å². The van der Waals surface area contributed by atoms with E-state index in [1.54, 1.807) is 12.3 Å². The van der Waals surface area contributed by atoms with Crippen LogP contribution in [0.25, 0.3) is 0 Å². The van der Waals surface area contributed by atoms with Crippen molar-refractivity contribution >= 4 is 11.6 Å². The smallest absolute Gasteiger partial charge is 0.129 e. The average molecular weight is 155 g/mol. The average Bonchev–Trinajstić information content (AvgIpc) is 1.88. The van der Waals surface area contributed by atoms with E-state index in [0.29, 0.717) is 5.15 Å². The molecule has 0 N–H and O–H groups in total. The SMILES string of the molecule is [CH2]C(C)c1ccc(Cl)nc1. The molecule has 0 aliphatic rings. The first kappa shape index (κ1) is 7.55. The van der Waals surface area contributed by atoms with Crippen LogP contribution in [-0.2, 0) is 0 Å². The van der Waals surface area contributed by atoms with Gasteiger partial charge in [-0.2, -0.15) is 0 Å². The van der Waals surface area contributed by atoms with Gasteiger partial charge in [-0.25, -0.2) is 4.98 Å². The molecule has 0 aromatic carbocycles. The predicted octanol–water partition coefficient (Wildman–Crippen LogP) is 2.67. The summed E-state index contributed by atoms with van der Waals surface area (Å²) in [5.74, 6) is 0.282. The molecule has 1 atom stereocenters. The zero-order chi connectivity index (χ0) is 7.56. The Kier molecular flexibility index (Phi) is 2.28. The lowest BCUT2D eigenvalue weighted by molar-refractivity contribution is 0.950. The summed E-state index contributed by atoms with van der Waals surface area (Å²) in [4.78, 5) is 3.93. The minimum atomic E-state index is 0.282. The highest BCUT2D eigenvalue weighted by molar-refractivity contribution is 6.29. The molecule has 1 aromatic heterocycles. The van der Waals surface area contributed by atoms with Gasteiger partial charge in [-0.15, -0.1) is 0 Å². The third kappa shape index (κ3) is 1.71. The first-order valence-electron chi connectivity index (χ1n) is 3.14. The van der Waals surface area contributed by atoms with Gasteiger partial charge in [0.15, 0.2) is 0 Å². The normalized spacial score (nSPS) is 10.4. The summed E-state index contributed by atoms with van der Waals surface area (Å²) in [7, 11) is 0. The summed E-state index contributed by atoms with van der Waals surface area (Å²) >= 11 is 5.58. The van der Waals surface area contributed by atoms with E-state index in [-0.39, 0.29) is 5.92 Å². The summed E-state index contributed by atoms with van der Waals surface area (Å²) in [6.45, 7) is 5.87. The Morgan fingerprint density at radius 1 is 1.60 bits per heavy atom. The second-order valence-electron chi connectivity index (χ2n) is 2.32. The Balaban J connectivity index is 2.89. The van der Waals surface area contributed by atoms with Gasteiger partial charge in [0.1, 0.15) is 5.15 Å². The number of pyridine rings is 1. The molecular formula is C8H9ClN. The van der Waals surface area contributed by atoms with E-state index in [1.165, 1.54) is 0 Å². The number of halogens is 1. The van der Waals surface area contributed by atoms with E-state index in [1.807, 2.05) is 13.0 Å². The lowest BCUT2D eigenvalue weighted by Crippen LogP contribution is -1.87. The lowest BCUT2D eigenvalue weighted by Gasteiger charge is -2.01. The van der Waals surface area contributed by atoms with Gasteiger partial charge in [-0.1, -0.05) is 24.6 Å². The molecule has 1 nitrogen and oxygen atoms in total. The summed E-state index contributed by atoms with van der Waals surface area (Å²) < 4.78 is 0. The van der Waals surface area contributed by atoms with Crippen LogP contribution in [0.1, 0.15) is 18.4 Å². The third-order valence-corrected chi connectivity index (χ3v) is 1.54. The highest BCUT2D eigenvalue weighted by atomic mass is 35.5. The van der Waals surface area contributed by atoms with Crippen LogP contribution in [0.5, 0.6) is 0 Å². The van der Waals surface area contributed by atoms with Crippen molar-refractivity contribution in [2.45, 2.75) is 12.8 Å². The van der Waals surface area contributed by atoms with Gasteiger partial charge in [-0.3, -0.25) is 0 Å². The van der Waals surface area contributed by atoms with Gasteiger partial charge in [0, 0.05) is 6.20 Å². The molecule has 0 amide bonds. The molecule has 1 radical (unpaired) electrons. The van der Waals surface area contributed by atoms with Crippen LogP contribution in [0, 0.1) is 6.92 Å². The fourth-order valence-corrected chi connectivity index (χ4v) is 0.791. The maximum atomic E-state index is 5.58. The van der Waals surface area contributed by atoms with Crippen LogP contribution in [0.2, 0.25) is 5.15 Å². The van der Waals surface area contributed by atoms with Crippen molar-refractivity contribution in [3.8, 4) is 0 Å². The largest absolute Gasteiger partial charge is 0.244 e.